The Hall–Kier alpha value is -6.89. The first-order chi connectivity index (χ1) is 36.7. The van der Waals surface area contributed by atoms with Crippen molar-refractivity contribution in [1.82, 2.24) is 45.2 Å². The smallest absolute Gasteiger partial charge is 0.251 e. The van der Waals surface area contributed by atoms with Crippen LogP contribution in [0.2, 0.25) is 0 Å². The molecule has 0 spiro atoms. The number of hydrogen-bond donors (Lipinski definition) is 3. The molecule has 0 radical (unpaired) electrons. The Labute approximate surface area is 451 Å². The number of carbonyl (C=O) groups excluding carboxylic acids is 4. The van der Waals surface area contributed by atoms with Gasteiger partial charge in [-0.25, -0.2) is 15.0 Å². The summed E-state index contributed by atoms with van der Waals surface area (Å²) in [4.78, 5) is 69.0. The van der Waals surface area contributed by atoms with Crippen LogP contribution in [0, 0.1) is 18.3 Å². The second kappa shape index (κ2) is 28.3. The number of amides is 3. The van der Waals surface area contributed by atoms with Gasteiger partial charge in [0, 0.05) is 69.7 Å². The molecule has 76 heavy (non-hydrogen) atoms. The van der Waals surface area contributed by atoms with Crippen molar-refractivity contribution in [3.05, 3.63) is 125 Å². The number of aryl methyl sites for hydroxylation is 1. The third kappa shape index (κ3) is 16.6. The number of hydrogen-bond acceptors (Lipinski definition) is 14. The Bertz CT molecular complexity index is 2810. The van der Waals surface area contributed by atoms with Crippen LogP contribution in [0.5, 0.6) is 5.75 Å². The lowest BCUT2D eigenvalue weighted by atomic mass is 9.76. The van der Waals surface area contributed by atoms with Gasteiger partial charge in [-0.05, 0) is 124 Å². The maximum absolute atomic E-state index is 14.0. The van der Waals surface area contributed by atoms with E-state index in [-0.39, 0.29) is 47.5 Å². The van der Waals surface area contributed by atoms with E-state index >= 15 is 0 Å². The zero-order chi connectivity index (χ0) is 53.9. The van der Waals surface area contributed by atoms with E-state index < -0.39 is 6.04 Å². The lowest BCUT2D eigenvalue weighted by molar-refractivity contribution is -0.145. The van der Waals surface area contributed by atoms with Gasteiger partial charge in [0.2, 0.25) is 11.8 Å². The molecule has 3 atom stereocenters. The van der Waals surface area contributed by atoms with Crippen LogP contribution in [-0.2, 0) is 44.0 Å². The summed E-state index contributed by atoms with van der Waals surface area (Å²) in [5.41, 5.74) is 7.56. The molecule has 6 aromatic rings. The van der Waals surface area contributed by atoms with Gasteiger partial charge in [0.1, 0.15) is 30.4 Å². The highest BCUT2D eigenvalue weighted by Crippen LogP contribution is 2.35. The Morgan fingerprint density at radius 1 is 0.855 bits per heavy atom. The largest absolute Gasteiger partial charge is 0.494 e. The molecule has 1 aliphatic heterocycles. The minimum absolute atomic E-state index is 0.0104. The summed E-state index contributed by atoms with van der Waals surface area (Å²) in [5, 5.41) is 18.1. The zero-order valence-corrected chi connectivity index (χ0v) is 45.7. The van der Waals surface area contributed by atoms with Crippen molar-refractivity contribution in [3.8, 4) is 27.7 Å². The van der Waals surface area contributed by atoms with Crippen LogP contribution >= 0.6 is 11.3 Å². The molecule has 3 aromatic heterocycles. The van der Waals surface area contributed by atoms with Crippen molar-refractivity contribution in [3.63, 3.8) is 0 Å². The summed E-state index contributed by atoms with van der Waals surface area (Å²) in [6.45, 7) is 13.7. The lowest BCUT2D eigenvalue weighted by Crippen LogP contribution is -2.49. The van der Waals surface area contributed by atoms with Gasteiger partial charge in [-0.3, -0.25) is 19.2 Å². The fraction of sp³-hybridized carbons (Fsp3) is 0.466. The summed E-state index contributed by atoms with van der Waals surface area (Å²) >= 11 is 1.61. The molecule has 17 nitrogen and oxygen atoms in total. The van der Waals surface area contributed by atoms with Crippen LogP contribution in [0.15, 0.2) is 96.9 Å². The summed E-state index contributed by atoms with van der Waals surface area (Å²) in [5.74, 6) is 1.49. The highest BCUT2D eigenvalue weighted by Gasteiger charge is 2.40. The third-order valence-electron chi connectivity index (χ3n) is 13.7. The van der Waals surface area contributed by atoms with Gasteiger partial charge >= 0.3 is 0 Å². The number of thiazole rings is 1. The summed E-state index contributed by atoms with van der Waals surface area (Å²) < 4.78 is 19.4. The molecule has 1 aliphatic rings. The molecule has 1 saturated heterocycles. The summed E-state index contributed by atoms with van der Waals surface area (Å²) in [6.07, 6.45) is 9.47. The molecule has 18 heteroatoms. The van der Waals surface area contributed by atoms with E-state index in [1.54, 1.807) is 34.6 Å². The molecule has 404 valence electrons. The predicted molar refractivity (Wildman–Crippen MR) is 294 cm³/mol. The average molecular weight is 1060 g/mol. The zero-order valence-electron chi connectivity index (χ0n) is 44.9. The van der Waals surface area contributed by atoms with Crippen LogP contribution in [0.3, 0.4) is 0 Å². The van der Waals surface area contributed by atoms with E-state index in [2.05, 4.69) is 74.0 Å². The molecule has 3 aromatic carbocycles. The van der Waals surface area contributed by atoms with Gasteiger partial charge in [0.05, 0.1) is 35.3 Å². The number of nitrogens with one attached hydrogen (secondary N) is 3. The molecule has 7 rings (SSSR count). The fourth-order valence-electron chi connectivity index (χ4n) is 9.24. The number of anilines is 1. The fourth-order valence-corrected chi connectivity index (χ4v) is 10.1. The number of rotatable bonds is 29. The minimum Gasteiger partial charge on any atom is -0.494 e. The van der Waals surface area contributed by atoms with Crippen LogP contribution in [0.1, 0.15) is 125 Å². The highest BCUT2D eigenvalue weighted by molar-refractivity contribution is 7.13. The van der Waals surface area contributed by atoms with Gasteiger partial charge < -0.3 is 39.6 Å². The number of unbranched alkanes of at least 4 members (excludes halogenated alkanes) is 2. The first-order valence-electron chi connectivity index (χ1n) is 26.5. The second-order valence-corrected chi connectivity index (χ2v) is 21.3. The van der Waals surface area contributed by atoms with Crippen LogP contribution in [0.4, 0.5) is 5.69 Å². The Morgan fingerprint density at radius 3 is 2.42 bits per heavy atom. The SMILES string of the molecule is Cc1ncsc1-c1ccc(CNC(=O)[C@@H]2CCCN2C(=O)C(CCCC(=O)COCCCOCCCCCOc2cccc([C@@H](C)NC(=O)c3cccc(NCc4nnc(-c5ccncn5)n4C)c3)c2)C(C)(C)C)cc1. The van der Waals surface area contributed by atoms with Gasteiger partial charge in [-0.15, -0.1) is 21.5 Å². The normalized spacial score (nSPS) is 14.3. The predicted octanol–water partition coefficient (Wildman–Crippen LogP) is 9.49. The van der Waals surface area contributed by atoms with E-state index in [1.807, 2.05) is 85.6 Å². The Morgan fingerprint density at radius 2 is 1.64 bits per heavy atom. The quantitative estimate of drug-likeness (QED) is 0.0375. The summed E-state index contributed by atoms with van der Waals surface area (Å²) in [6, 6.07) is 24.3. The summed E-state index contributed by atoms with van der Waals surface area (Å²) in [7, 11) is 1.88. The lowest BCUT2D eigenvalue weighted by Gasteiger charge is -2.35. The van der Waals surface area contributed by atoms with Crippen LogP contribution in [-0.4, -0.2) is 104 Å². The van der Waals surface area contributed by atoms with Crippen LogP contribution in [0.25, 0.3) is 22.0 Å². The van der Waals surface area contributed by atoms with Gasteiger partial charge in [-0.2, -0.15) is 0 Å². The molecule has 4 heterocycles. The maximum atomic E-state index is 14.0. The number of likely N-dealkylation sites (tertiary alicyclic amines) is 1. The van der Waals surface area contributed by atoms with Crippen molar-refractivity contribution in [2.75, 3.05) is 44.9 Å². The van der Waals surface area contributed by atoms with Crippen molar-refractivity contribution in [2.24, 2.45) is 18.4 Å². The molecule has 0 bridgehead atoms. The molecule has 3 amide bonds. The number of aromatic nitrogens is 6. The van der Waals surface area contributed by atoms with E-state index in [0.29, 0.717) is 95.2 Å². The molecule has 0 aliphatic carbocycles. The number of Topliss-reactive ketones (excluding diaryl/α,β-unsaturated/α-hetero) is 1. The first-order valence-corrected chi connectivity index (χ1v) is 27.4. The number of ketones is 1. The van der Waals surface area contributed by atoms with E-state index in [1.165, 1.54) is 6.33 Å². The van der Waals surface area contributed by atoms with Crippen molar-refractivity contribution >= 4 is 40.5 Å². The minimum atomic E-state index is -0.497. The van der Waals surface area contributed by atoms with Crippen LogP contribution < -0.4 is 20.7 Å². The molecular formula is C58H74N10O7S. The second-order valence-electron chi connectivity index (χ2n) is 20.4. The topological polar surface area (TPSA) is 205 Å². The molecule has 1 unspecified atom stereocenters. The highest BCUT2D eigenvalue weighted by atomic mass is 32.1. The number of ether oxygens (including phenoxy) is 3. The standard InChI is InChI=1S/C58H74N10O7S/c1-40(64-55(70)45-16-10-17-46(33-45)60-36-52-65-66-54(67(52)6)50-26-27-59-38-62-50)44-15-11-19-48(34-44)75-32-9-7-8-29-73-30-14-31-74-37-47(69)18-12-20-49(58(3,4)5)57(72)68-28-13-21-51(68)56(71)61-35-42-22-24-43(25-23-42)53-41(2)63-39-76-53/h10-11,15-17,19,22-27,33-34,38-40,49,51,60H,7-9,12-14,18,20-21,28-32,35-37H2,1-6H3,(H,61,71)(H,64,70)/t40-,49?,51+/m1/s1. The number of benzene rings is 3. The van der Waals surface area contributed by atoms with E-state index in [4.69, 9.17) is 14.2 Å². The molecular weight excluding hydrogens is 981 g/mol. The Balaban J connectivity index is 0.708. The van der Waals surface area contributed by atoms with E-state index in [0.717, 1.165) is 70.2 Å². The Kier molecular flexibility index (Phi) is 21.2. The number of carbonyl (C=O) groups is 4. The van der Waals surface area contributed by atoms with Crippen molar-refractivity contribution in [1.29, 1.82) is 0 Å². The van der Waals surface area contributed by atoms with Gasteiger partial charge in [0.15, 0.2) is 17.4 Å². The van der Waals surface area contributed by atoms with E-state index in [9.17, 15) is 19.2 Å². The number of nitrogens with zero attached hydrogens (tertiary/aromatic N) is 7. The molecule has 0 saturated carbocycles. The third-order valence-corrected chi connectivity index (χ3v) is 14.6. The molecule has 3 N–H and O–H groups in total. The monoisotopic (exact) mass is 1050 g/mol. The average Bonchev–Trinajstić information content (AvgIpc) is 4.19. The molecule has 1 fully saturated rings. The first kappa shape index (κ1) is 56.8. The van der Waals surface area contributed by atoms with Crippen molar-refractivity contribution in [2.45, 2.75) is 118 Å². The van der Waals surface area contributed by atoms with Gasteiger partial charge in [-0.1, -0.05) is 63.2 Å². The van der Waals surface area contributed by atoms with Crippen molar-refractivity contribution < 1.29 is 33.4 Å². The maximum Gasteiger partial charge on any atom is 0.251 e. The van der Waals surface area contributed by atoms with Gasteiger partial charge in [0.25, 0.3) is 5.91 Å².